The minimum atomic E-state index is -0.537. The van der Waals surface area contributed by atoms with E-state index in [4.69, 9.17) is 9.47 Å². The minimum Gasteiger partial charge on any atom is -0.497 e. The smallest absolute Gasteiger partial charge is 0.272 e. The largest absolute Gasteiger partial charge is 0.497 e. The van der Waals surface area contributed by atoms with Crippen molar-refractivity contribution in [1.29, 1.82) is 0 Å². The summed E-state index contributed by atoms with van der Waals surface area (Å²) in [6, 6.07) is 37.2. The summed E-state index contributed by atoms with van der Waals surface area (Å²) in [6.45, 7) is 0. The van der Waals surface area contributed by atoms with Gasteiger partial charge in [-0.3, -0.25) is 19.3 Å². The van der Waals surface area contributed by atoms with Crippen LogP contribution in [0.2, 0.25) is 0 Å². The van der Waals surface area contributed by atoms with Gasteiger partial charge in [0.25, 0.3) is 11.8 Å². The topological polar surface area (TPSA) is 97.0 Å². The molecule has 6 rings (SSSR count). The zero-order valence-corrected chi connectivity index (χ0v) is 28.0. The average Bonchev–Trinajstić information content (AvgIpc) is 3.31. The highest BCUT2D eigenvalue weighted by atomic mass is 32.2. The van der Waals surface area contributed by atoms with Crippen molar-refractivity contribution in [3.8, 4) is 11.5 Å². The van der Waals surface area contributed by atoms with Crippen molar-refractivity contribution in [2.75, 3.05) is 30.2 Å². The van der Waals surface area contributed by atoms with Crippen LogP contribution in [-0.2, 0) is 22.4 Å². The molecular formula is C40H35N3O5S. The highest BCUT2D eigenvalue weighted by Gasteiger charge is 2.25. The van der Waals surface area contributed by atoms with Crippen molar-refractivity contribution in [3.05, 3.63) is 149 Å². The third kappa shape index (κ3) is 7.85. The van der Waals surface area contributed by atoms with E-state index in [0.717, 1.165) is 40.2 Å². The molecule has 1 aliphatic heterocycles. The lowest BCUT2D eigenvalue weighted by Crippen LogP contribution is -2.30. The summed E-state index contributed by atoms with van der Waals surface area (Å²) in [5.74, 6) is 0.231. The SMILES string of the molecule is COc1ccc(OC)c(/C=C(\NC(=O)c2ccccc2)C(=O)Nc2cccc(SCC(=O)N3c4ccccc4CCc4ccccc43)c2)c1. The Morgan fingerprint density at radius 2 is 1.43 bits per heavy atom. The molecule has 9 heteroatoms. The van der Waals surface area contributed by atoms with Crippen LogP contribution in [0.3, 0.4) is 0 Å². The number of carbonyl (C=O) groups excluding carboxylic acids is 3. The Bertz CT molecular complexity index is 1980. The van der Waals surface area contributed by atoms with Gasteiger partial charge in [-0.2, -0.15) is 0 Å². The number of amides is 3. The van der Waals surface area contributed by atoms with Gasteiger partial charge in [0.05, 0.1) is 31.3 Å². The quantitative estimate of drug-likeness (QED) is 0.117. The maximum absolute atomic E-state index is 13.9. The Labute approximate surface area is 289 Å². The standard InChI is InChI=1S/C40H35N3O5S/c1-47-32-21-22-37(48-2)30(23-32)24-34(42-39(45)29-13-4-3-5-14-29)40(46)41-31-15-10-16-33(25-31)49-26-38(44)43-35-17-8-6-11-27(35)19-20-28-12-7-9-18-36(28)43/h3-18,21-25H,19-20,26H2,1-2H3,(H,41,46)(H,42,45)/b34-24-. The Hall–Kier alpha value is -5.80. The second-order valence-corrected chi connectivity index (χ2v) is 12.3. The van der Waals surface area contributed by atoms with Crippen molar-refractivity contribution >= 4 is 52.6 Å². The van der Waals surface area contributed by atoms with E-state index in [-0.39, 0.29) is 17.4 Å². The van der Waals surface area contributed by atoms with E-state index in [9.17, 15) is 14.4 Å². The van der Waals surface area contributed by atoms with Gasteiger partial charge in [0.2, 0.25) is 5.91 Å². The number of nitrogens with one attached hydrogen (secondary N) is 2. The third-order valence-electron chi connectivity index (χ3n) is 8.10. The predicted molar refractivity (Wildman–Crippen MR) is 195 cm³/mol. The maximum Gasteiger partial charge on any atom is 0.272 e. The van der Waals surface area contributed by atoms with E-state index in [0.29, 0.717) is 28.3 Å². The zero-order valence-electron chi connectivity index (χ0n) is 27.1. The molecule has 0 saturated heterocycles. The van der Waals surface area contributed by atoms with Gasteiger partial charge >= 0.3 is 0 Å². The van der Waals surface area contributed by atoms with Crippen LogP contribution < -0.4 is 25.0 Å². The molecule has 5 aromatic rings. The molecule has 0 saturated carbocycles. The first kappa shape index (κ1) is 33.1. The molecule has 8 nitrogen and oxygen atoms in total. The van der Waals surface area contributed by atoms with Crippen LogP contribution in [0.15, 0.2) is 132 Å². The Morgan fingerprint density at radius 1 is 0.755 bits per heavy atom. The molecule has 3 amide bonds. The Morgan fingerprint density at radius 3 is 2.10 bits per heavy atom. The van der Waals surface area contributed by atoms with Crippen molar-refractivity contribution in [2.24, 2.45) is 0 Å². The summed E-state index contributed by atoms with van der Waals surface area (Å²) >= 11 is 1.39. The number of benzene rings is 5. The second kappa shape index (κ2) is 15.4. The lowest BCUT2D eigenvalue weighted by atomic mass is 10.0. The summed E-state index contributed by atoms with van der Waals surface area (Å²) in [5.41, 5.74) is 5.54. The van der Waals surface area contributed by atoms with Gasteiger partial charge in [0.15, 0.2) is 0 Å². The van der Waals surface area contributed by atoms with Crippen molar-refractivity contribution < 1.29 is 23.9 Å². The van der Waals surface area contributed by atoms with Crippen LogP contribution in [0.25, 0.3) is 6.08 Å². The lowest BCUT2D eigenvalue weighted by Gasteiger charge is -2.25. The van der Waals surface area contributed by atoms with Gasteiger partial charge in [-0.05, 0) is 90.7 Å². The number of aryl methyl sites for hydroxylation is 2. The van der Waals surface area contributed by atoms with Crippen molar-refractivity contribution in [2.45, 2.75) is 17.7 Å². The molecule has 0 radical (unpaired) electrons. The molecular weight excluding hydrogens is 635 g/mol. The summed E-state index contributed by atoms with van der Waals surface area (Å²) in [6.07, 6.45) is 3.27. The molecule has 0 aromatic heterocycles. The fourth-order valence-corrected chi connectivity index (χ4v) is 6.47. The number of anilines is 3. The van der Waals surface area contributed by atoms with Crippen molar-refractivity contribution in [1.82, 2.24) is 5.32 Å². The first-order chi connectivity index (χ1) is 23.9. The number of carbonyl (C=O) groups is 3. The number of methoxy groups -OCH3 is 2. The zero-order chi connectivity index (χ0) is 34.2. The highest BCUT2D eigenvalue weighted by Crippen LogP contribution is 2.37. The molecule has 0 bridgehead atoms. The van der Waals surface area contributed by atoms with Crippen LogP contribution in [0.1, 0.15) is 27.0 Å². The first-order valence-corrected chi connectivity index (χ1v) is 16.7. The predicted octanol–water partition coefficient (Wildman–Crippen LogP) is 7.67. The monoisotopic (exact) mass is 669 g/mol. The van der Waals surface area contributed by atoms with Gasteiger partial charge in [-0.1, -0.05) is 60.7 Å². The van der Waals surface area contributed by atoms with Crippen LogP contribution in [-0.4, -0.2) is 37.7 Å². The molecule has 1 heterocycles. The summed E-state index contributed by atoms with van der Waals surface area (Å²) in [5, 5.41) is 5.67. The summed E-state index contributed by atoms with van der Waals surface area (Å²) < 4.78 is 10.9. The first-order valence-electron chi connectivity index (χ1n) is 15.8. The molecule has 0 aliphatic carbocycles. The van der Waals surface area contributed by atoms with Crippen LogP contribution in [0, 0.1) is 0 Å². The van der Waals surface area contributed by atoms with Gasteiger partial charge in [-0.15, -0.1) is 11.8 Å². The number of para-hydroxylation sites is 2. The maximum atomic E-state index is 13.9. The number of fused-ring (bicyclic) bond motifs is 2. The normalized spacial score (nSPS) is 12.2. The molecule has 0 unspecified atom stereocenters. The van der Waals surface area contributed by atoms with Gasteiger partial charge < -0.3 is 20.1 Å². The second-order valence-electron chi connectivity index (χ2n) is 11.2. The molecule has 5 aromatic carbocycles. The average molecular weight is 670 g/mol. The van der Waals surface area contributed by atoms with E-state index < -0.39 is 11.8 Å². The van der Waals surface area contributed by atoms with Crippen molar-refractivity contribution in [3.63, 3.8) is 0 Å². The van der Waals surface area contributed by atoms with E-state index in [1.54, 1.807) is 61.7 Å². The number of hydrogen-bond donors (Lipinski definition) is 2. The van der Waals surface area contributed by atoms with E-state index in [1.165, 1.54) is 18.9 Å². The molecule has 0 atom stereocenters. The summed E-state index contributed by atoms with van der Waals surface area (Å²) in [4.78, 5) is 43.4. The van der Waals surface area contributed by atoms with Crippen LogP contribution in [0.4, 0.5) is 17.1 Å². The summed E-state index contributed by atoms with van der Waals surface area (Å²) in [7, 11) is 3.07. The third-order valence-corrected chi connectivity index (χ3v) is 9.08. The molecule has 1 aliphatic rings. The minimum absolute atomic E-state index is 0.00661. The Balaban J connectivity index is 1.22. The molecule has 246 valence electrons. The lowest BCUT2D eigenvalue weighted by molar-refractivity contribution is -0.115. The molecule has 0 fully saturated rings. The van der Waals surface area contributed by atoms with Gasteiger partial charge in [0, 0.05) is 21.7 Å². The molecule has 2 N–H and O–H groups in total. The number of nitrogens with zero attached hydrogens (tertiary/aromatic N) is 1. The number of ether oxygens (including phenoxy) is 2. The molecule has 49 heavy (non-hydrogen) atoms. The fourth-order valence-electron chi connectivity index (χ4n) is 5.67. The number of thioether (sulfide) groups is 1. The number of hydrogen-bond acceptors (Lipinski definition) is 6. The van der Waals surface area contributed by atoms with Gasteiger partial charge in [-0.25, -0.2) is 0 Å². The fraction of sp³-hybridized carbons (Fsp3) is 0.125. The van der Waals surface area contributed by atoms with E-state index >= 15 is 0 Å². The molecule has 0 spiro atoms. The number of rotatable bonds is 10. The van der Waals surface area contributed by atoms with E-state index in [2.05, 4.69) is 22.8 Å². The Kier molecular flexibility index (Phi) is 10.4. The van der Waals surface area contributed by atoms with E-state index in [1.807, 2.05) is 65.6 Å². The van der Waals surface area contributed by atoms with Crippen LogP contribution >= 0.6 is 11.8 Å². The van der Waals surface area contributed by atoms with Crippen LogP contribution in [0.5, 0.6) is 11.5 Å². The van der Waals surface area contributed by atoms with Gasteiger partial charge in [0.1, 0.15) is 17.2 Å². The highest BCUT2D eigenvalue weighted by molar-refractivity contribution is 8.00.